The van der Waals surface area contributed by atoms with Gasteiger partial charge in [0, 0.05) is 44.9 Å². The summed E-state index contributed by atoms with van der Waals surface area (Å²) in [5, 5.41) is 17.4. The summed E-state index contributed by atoms with van der Waals surface area (Å²) in [6, 6.07) is 11.2. The molecule has 7 nitrogen and oxygen atoms in total. The number of aliphatic hydroxyl groups excluding tert-OH is 1. The van der Waals surface area contributed by atoms with Crippen molar-refractivity contribution in [2.24, 2.45) is 0 Å². The van der Waals surface area contributed by atoms with E-state index in [4.69, 9.17) is 9.84 Å². The Morgan fingerprint density at radius 1 is 1.26 bits per heavy atom. The first-order valence-electron chi connectivity index (χ1n) is 9.20. The van der Waals surface area contributed by atoms with Gasteiger partial charge >= 0.3 is 0 Å². The van der Waals surface area contributed by atoms with Crippen molar-refractivity contribution in [3.8, 4) is 11.3 Å². The molecule has 1 amide bonds. The minimum absolute atomic E-state index is 0.0374. The second-order valence-electron chi connectivity index (χ2n) is 6.75. The van der Waals surface area contributed by atoms with Crippen LogP contribution in [0.5, 0.6) is 0 Å². The monoisotopic (exact) mass is 370 g/mol. The highest BCUT2D eigenvalue weighted by molar-refractivity contribution is 5.94. The molecule has 3 rings (SSSR count). The van der Waals surface area contributed by atoms with Crippen molar-refractivity contribution in [3.63, 3.8) is 0 Å². The first kappa shape index (κ1) is 19.3. The number of amides is 1. The lowest BCUT2D eigenvalue weighted by molar-refractivity contribution is 0.0269. The van der Waals surface area contributed by atoms with Gasteiger partial charge < -0.3 is 19.6 Å². The van der Waals surface area contributed by atoms with Gasteiger partial charge in [-0.05, 0) is 37.1 Å². The summed E-state index contributed by atoms with van der Waals surface area (Å²) in [4.78, 5) is 16.4. The number of ether oxygens (including phenoxy) is 1. The largest absolute Gasteiger partial charge is 0.395 e. The van der Waals surface area contributed by atoms with Crippen LogP contribution < -0.4 is 4.90 Å². The summed E-state index contributed by atoms with van der Waals surface area (Å²) in [5.41, 5.74) is 2.32. The van der Waals surface area contributed by atoms with Gasteiger partial charge in [-0.25, -0.2) is 0 Å². The normalized spacial score (nSPS) is 17.0. The fourth-order valence-electron chi connectivity index (χ4n) is 3.23. The van der Waals surface area contributed by atoms with Crippen LogP contribution in [0.4, 0.5) is 5.82 Å². The molecular weight excluding hydrogens is 344 g/mol. The van der Waals surface area contributed by atoms with E-state index in [0.29, 0.717) is 24.5 Å². The molecule has 1 saturated heterocycles. The second kappa shape index (κ2) is 8.92. The number of carbonyl (C=O) groups is 1. The van der Waals surface area contributed by atoms with Crippen LogP contribution in [0.15, 0.2) is 36.4 Å². The summed E-state index contributed by atoms with van der Waals surface area (Å²) < 4.78 is 5.40. The van der Waals surface area contributed by atoms with E-state index in [2.05, 4.69) is 10.2 Å². The molecule has 1 aliphatic heterocycles. The van der Waals surface area contributed by atoms with Gasteiger partial charge in [-0.1, -0.05) is 12.1 Å². The van der Waals surface area contributed by atoms with Crippen molar-refractivity contribution >= 4 is 11.7 Å². The summed E-state index contributed by atoms with van der Waals surface area (Å²) in [5.74, 6) is 0.743. The van der Waals surface area contributed by atoms with E-state index in [1.54, 1.807) is 7.11 Å². The molecule has 1 aliphatic rings. The molecule has 0 unspecified atom stereocenters. The van der Waals surface area contributed by atoms with Crippen LogP contribution in [-0.2, 0) is 4.74 Å². The zero-order valence-corrected chi connectivity index (χ0v) is 15.8. The van der Waals surface area contributed by atoms with Crippen LogP contribution in [-0.4, -0.2) is 72.6 Å². The van der Waals surface area contributed by atoms with E-state index in [-0.39, 0.29) is 18.6 Å². The maximum Gasteiger partial charge on any atom is 0.253 e. The molecule has 0 saturated carbocycles. The first-order valence-corrected chi connectivity index (χ1v) is 9.20. The van der Waals surface area contributed by atoms with Crippen molar-refractivity contribution in [2.45, 2.75) is 18.9 Å². The topological polar surface area (TPSA) is 78.8 Å². The molecule has 1 aromatic heterocycles. The zero-order valence-electron chi connectivity index (χ0n) is 15.8. The maximum absolute atomic E-state index is 12.7. The highest BCUT2D eigenvalue weighted by atomic mass is 16.5. The number of likely N-dealkylation sites (N-methyl/N-ethyl adjacent to an activating group) is 1. The van der Waals surface area contributed by atoms with Crippen LogP contribution in [0.25, 0.3) is 11.3 Å². The van der Waals surface area contributed by atoms with Crippen LogP contribution in [0, 0.1) is 0 Å². The molecule has 0 radical (unpaired) electrons. The fourth-order valence-corrected chi connectivity index (χ4v) is 3.23. The van der Waals surface area contributed by atoms with E-state index in [9.17, 15) is 4.79 Å². The van der Waals surface area contributed by atoms with Gasteiger partial charge in [-0.15, -0.1) is 10.2 Å². The van der Waals surface area contributed by atoms with E-state index in [1.165, 1.54) is 0 Å². The van der Waals surface area contributed by atoms with E-state index >= 15 is 0 Å². The van der Waals surface area contributed by atoms with Crippen LogP contribution in [0.3, 0.4) is 0 Å². The molecule has 7 heteroatoms. The number of anilines is 1. The van der Waals surface area contributed by atoms with Crippen molar-refractivity contribution in [2.75, 3.05) is 45.3 Å². The molecule has 144 valence electrons. The number of aromatic nitrogens is 2. The van der Waals surface area contributed by atoms with E-state index < -0.39 is 0 Å². The average Bonchev–Trinajstić information content (AvgIpc) is 2.73. The third kappa shape index (κ3) is 4.61. The highest BCUT2D eigenvalue weighted by Gasteiger charge is 2.24. The number of methoxy groups -OCH3 is 1. The number of carbonyl (C=O) groups excluding carboxylic acids is 1. The Kier molecular flexibility index (Phi) is 6.36. The molecule has 1 aromatic carbocycles. The lowest BCUT2D eigenvalue weighted by Gasteiger charge is -2.32. The van der Waals surface area contributed by atoms with Crippen LogP contribution >= 0.6 is 0 Å². The van der Waals surface area contributed by atoms with Crippen molar-refractivity contribution in [3.05, 3.63) is 42.0 Å². The summed E-state index contributed by atoms with van der Waals surface area (Å²) in [6.45, 7) is 1.99. The van der Waals surface area contributed by atoms with Crippen molar-refractivity contribution in [1.29, 1.82) is 0 Å². The van der Waals surface area contributed by atoms with Gasteiger partial charge in [0.2, 0.25) is 0 Å². The molecule has 0 bridgehead atoms. The van der Waals surface area contributed by atoms with Crippen molar-refractivity contribution < 1.29 is 14.6 Å². The third-order valence-electron chi connectivity index (χ3n) is 4.90. The maximum atomic E-state index is 12.7. The highest BCUT2D eigenvalue weighted by Crippen LogP contribution is 2.21. The summed E-state index contributed by atoms with van der Waals surface area (Å²) >= 11 is 0. The number of hydrogen-bond acceptors (Lipinski definition) is 6. The van der Waals surface area contributed by atoms with E-state index in [0.717, 1.165) is 30.6 Å². The minimum Gasteiger partial charge on any atom is -0.395 e. The average molecular weight is 370 g/mol. The number of hydrogen-bond donors (Lipinski definition) is 1. The Morgan fingerprint density at radius 3 is 2.67 bits per heavy atom. The zero-order chi connectivity index (χ0) is 19.2. The summed E-state index contributed by atoms with van der Waals surface area (Å²) in [7, 11) is 3.55. The molecule has 1 fully saturated rings. The van der Waals surface area contributed by atoms with Crippen LogP contribution in [0.2, 0.25) is 0 Å². The van der Waals surface area contributed by atoms with Gasteiger partial charge in [0.05, 0.1) is 18.4 Å². The molecule has 0 spiro atoms. The number of aliphatic hydroxyl groups is 1. The second-order valence-corrected chi connectivity index (χ2v) is 6.75. The van der Waals surface area contributed by atoms with Gasteiger partial charge in [0.15, 0.2) is 5.82 Å². The minimum atomic E-state index is 0.0374. The number of nitrogens with zero attached hydrogens (tertiary/aromatic N) is 4. The SMILES string of the molecule is CO[C@H]1CCCN(C(=O)c2ccc(-c3ccc(N(C)CCO)nn3)cc2)C1. The lowest BCUT2D eigenvalue weighted by Crippen LogP contribution is -2.42. The third-order valence-corrected chi connectivity index (χ3v) is 4.90. The molecule has 0 aliphatic carbocycles. The Balaban J connectivity index is 1.69. The van der Waals surface area contributed by atoms with Gasteiger partial charge in [-0.3, -0.25) is 4.79 Å². The number of likely N-dealkylation sites (tertiary alicyclic amines) is 1. The number of piperidine rings is 1. The predicted molar refractivity (Wildman–Crippen MR) is 104 cm³/mol. The molecule has 27 heavy (non-hydrogen) atoms. The Hall–Kier alpha value is -2.51. The summed E-state index contributed by atoms with van der Waals surface area (Å²) in [6.07, 6.45) is 2.09. The van der Waals surface area contributed by atoms with Gasteiger partial charge in [0.25, 0.3) is 5.91 Å². The van der Waals surface area contributed by atoms with Gasteiger partial charge in [-0.2, -0.15) is 0 Å². The van der Waals surface area contributed by atoms with Gasteiger partial charge in [0.1, 0.15) is 0 Å². The van der Waals surface area contributed by atoms with E-state index in [1.807, 2.05) is 53.2 Å². The van der Waals surface area contributed by atoms with Crippen LogP contribution in [0.1, 0.15) is 23.2 Å². The van der Waals surface area contributed by atoms with Crippen molar-refractivity contribution in [1.82, 2.24) is 15.1 Å². The molecule has 2 aromatic rings. The Labute approximate surface area is 159 Å². The quantitative estimate of drug-likeness (QED) is 0.836. The predicted octanol–water partition coefficient (Wildman–Crippen LogP) is 1.82. The standard InChI is InChI=1S/C20H26N4O3/c1-23(12-13-25)19-10-9-18(21-22-19)15-5-7-16(8-6-15)20(26)24-11-3-4-17(14-24)27-2/h5-10,17,25H,3-4,11-14H2,1-2H3/t17-/m0/s1. The Bertz CT molecular complexity index is 749. The molecule has 2 heterocycles. The number of rotatable bonds is 6. The lowest BCUT2D eigenvalue weighted by atomic mass is 10.0. The molecule has 1 atom stereocenters. The Morgan fingerprint density at radius 2 is 2.04 bits per heavy atom. The smallest absolute Gasteiger partial charge is 0.253 e. The number of benzene rings is 1. The molecular formula is C20H26N4O3. The molecule has 1 N–H and O–H groups in total. The fraction of sp³-hybridized carbons (Fsp3) is 0.450. The first-order chi connectivity index (χ1) is 13.1.